The van der Waals surface area contributed by atoms with Crippen molar-refractivity contribution >= 4 is 34.2 Å². The quantitative estimate of drug-likeness (QED) is 0.559. The molecule has 0 bridgehead atoms. The van der Waals surface area contributed by atoms with Gasteiger partial charge in [-0.05, 0) is 23.8 Å². The highest BCUT2D eigenvalue weighted by Gasteiger charge is 2.16. The van der Waals surface area contributed by atoms with Crippen molar-refractivity contribution in [1.29, 1.82) is 0 Å². The van der Waals surface area contributed by atoms with Crippen molar-refractivity contribution in [2.45, 2.75) is 0 Å². The second kappa shape index (κ2) is 5.95. The number of hydrogen-bond donors (Lipinski definition) is 2. The highest BCUT2D eigenvalue weighted by Crippen LogP contribution is 2.26. The minimum absolute atomic E-state index is 0.308. The Balaban J connectivity index is 2.08. The summed E-state index contributed by atoms with van der Waals surface area (Å²) >= 11 is 12.2. The van der Waals surface area contributed by atoms with Crippen LogP contribution in [-0.2, 0) is 0 Å². The van der Waals surface area contributed by atoms with Crippen LogP contribution in [0, 0.1) is 0 Å². The van der Waals surface area contributed by atoms with Crippen molar-refractivity contribution in [3.05, 3.63) is 85.4 Å². The van der Waals surface area contributed by atoms with Crippen LogP contribution >= 0.6 is 23.2 Å². The fourth-order valence-electron chi connectivity index (χ4n) is 2.81. The summed E-state index contributed by atoms with van der Waals surface area (Å²) in [6, 6.07) is 15.5. The molecule has 0 fully saturated rings. The third-order valence-corrected chi connectivity index (χ3v) is 4.47. The Morgan fingerprint density at radius 2 is 1.68 bits per heavy atom. The van der Waals surface area contributed by atoms with E-state index < -0.39 is 0 Å². The molecule has 0 atom stereocenters. The minimum atomic E-state index is -0.325. The normalized spacial score (nSPS) is 11.1. The van der Waals surface area contributed by atoms with Gasteiger partial charge in [0.2, 0.25) is 5.56 Å². The van der Waals surface area contributed by atoms with Crippen LogP contribution in [0.3, 0.4) is 0 Å². The Morgan fingerprint density at radius 3 is 2.44 bits per heavy atom. The zero-order valence-electron chi connectivity index (χ0n) is 12.7. The molecule has 2 aromatic heterocycles. The van der Waals surface area contributed by atoms with Gasteiger partial charge < -0.3 is 4.98 Å². The topological polar surface area (TPSA) is 70.7 Å². The number of benzene rings is 2. The molecule has 0 aliphatic heterocycles. The van der Waals surface area contributed by atoms with Crippen LogP contribution in [0.2, 0.25) is 10.0 Å². The number of fused-ring (bicyclic) bond motifs is 1. The molecule has 2 heterocycles. The lowest BCUT2D eigenvalue weighted by Gasteiger charge is -2.04. The van der Waals surface area contributed by atoms with E-state index in [9.17, 15) is 9.59 Å². The maximum atomic E-state index is 13.0. The molecule has 0 aliphatic carbocycles. The lowest BCUT2D eigenvalue weighted by Crippen LogP contribution is -2.15. The molecule has 4 rings (SSSR count). The predicted molar refractivity (Wildman–Crippen MR) is 100.0 cm³/mol. The molecule has 25 heavy (non-hydrogen) atoms. The summed E-state index contributed by atoms with van der Waals surface area (Å²) in [5.41, 5.74) is 1.44. The fourth-order valence-corrected chi connectivity index (χ4v) is 3.18. The van der Waals surface area contributed by atoms with E-state index in [1.54, 1.807) is 18.2 Å². The Bertz CT molecular complexity index is 1210. The summed E-state index contributed by atoms with van der Waals surface area (Å²) in [5.74, 6) is 0. The summed E-state index contributed by atoms with van der Waals surface area (Å²) in [6.45, 7) is 0. The maximum Gasteiger partial charge on any atom is 0.281 e. The molecule has 7 heteroatoms. The Labute approximate surface area is 151 Å². The number of rotatable bonds is 2. The first-order chi connectivity index (χ1) is 12.0. The number of aromatic nitrogens is 3. The molecule has 0 unspecified atom stereocenters. The summed E-state index contributed by atoms with van der Waals surface area (Å²) in [4.78, 5) is 27.7. The van der Waals surface area contributed by atoms with Gasteiger partial charge in [0.25, 0.3) is 5.56 Å². The van der Waals surface area contributed by atoms with Crippen molar-refractivity contribution in [3.63, 3.8) is 0 Å². The smallest absolute Gasteiger partial charge is 0.281 e. The molecule has 0 aliphatic rings. The number of hydrogen-bond acceptors (Lipinski definition) is 2. The fraction of sp³-hybridized carbons (Fsp3) is 0. The van der Waals surface area contributed by atoms with Gasteiger partial charge in [0, 0.05) is 16.7 Å². The monoisotopic (exact) mass is 371 g/mol. The van der Waals surface area contributed by atoms with Gasteiger partial charge in [-0.25, -0.2) is 4.68 Å². The molecule has 0 saturated heterocycles. The highest BCUT2D eigenvalue weighted by atomic mass is 35.5. The molecular formula is C18H11Cl2N3O2. The van der Waals surface area contributed by atoms with Crippen LogP contribution in [0.25, 0.3) is 27.8 Å². The largest absolute Gasteiger partial charge is 0.307 e. The molecule has 0 radical (unpaired) electrons. The molecule has 0 amide bonds. The van der Waals surface area contributed by atoms with Crippen molar-refractivity contribution in [2.24, 2.45) is 0 Å². The Hall–Kier alpha value is -2.76. The zero-order chi connectivity index (χ0) is 17.6. The number of nitrogens with zero attached hydrogens (tertiary/aromatic N) is 1. The van der Waals surface area contributed by atoms with Gasteiger partial charge in [0.05, 0.1) is 16.1 Å². The van der Waals surface area contributed by atoms with Gasteiger partial charge in [-0.2, -0.15) is 0 Å². The van der Waals surface area contributed by atoms with Crippen molar-refractivity contribution < 1.29 is 0 Å². The SMILES string of the molecule is O=c1cc(-c2ccccc2)c2c(=O)n(-c3cc(Cl)ccc3Cl)[nH]c2[nH]1. The van der Waals surface area contributed by atoms with Gasteiger partial charge in [-0.15, -0.1) is 0 Å². The molecule has 2 aromatic carbocycles. The van der Waals surface area contributed by atoms with Gasteiger partial charge in [-0.3, -0.25) is 14.7 Å². The van der Waals surface area contributed by atoms with Crippen molar-refractivity contribution in [1.82, 2.24) is 14.8 Å². The van der Waals surface area contributed by atoms with Gasteiger partial charge in [-0.1, -0.05) is 53.5 Å². The first-order valence-corrected chi connectivity index (χ1v) is 8.19. The van der Waals surface area contributed by atoms with Crippen molar-refractivity contribution in [2.75, 3.05) is 0 Å². The summed E-state index contributed by atoms with van der Waals surface area (Å²) in [5, 5.41) is 4.09. The van der Waals surface area contributed by atoms with Gasteiger partial charge >= 0.3 is 0 Å². The number of pyridine rings is 1. The molecule has 4 aromatic rings. The van der Waals surface area contributed by atoms with Crippen LogP contribution in [0.4, 0.5) is 0 Å². The second-order valence-electron chi connectivity index (χ2n) is 5.51. The number of halogens is 2. The molecule has 0 spiro atoms. The Morgan fingerprint density at radius 1 is 0.920 bits per heavy atom. The highest BCUT2D eigenvalue weighted by molar-refractivity contribution is 6.34. The molecular weight excluding hydrogens is 361 g/mol. The van der Waals surface area contributed by atoms with Crippen LogP contribution in [0.5, 0.6) is 0 Å². The number of nitrogens with one attached hydrogen (secondary N) is 2. The molecule has 0 saturated carbocycles. The number of H-pyrrole nitrogens is 2. The van der Waals surface area contributed by atoms with Gasteiger partial charge in [0.15, 0.2) is 0 Å². The molecule has 2 N–H and O–H groups in total. The van der Waals surface area contributed by atoms with Gasteiger partial charge in [0.1, 0.15) is 5.65 Å². The van der Waals surface area contributed by atoms with E-state index in [1.807, 2.05) is 30.3 Å². The second-order valence-corrected chi connectivity index (χ2v) is 6.36. The summed E-state index contributed by atoms with van der Waals surface area (Å²) in [6.07, 6.45) is 0. The molecule has 5 nitrogen and oxygen atoms in total. The third-order valence-electron chi connectivity index (χ3n) is 3.92. The van der Waals surface area contributed by atoms with E-state index in [2.05, 4.69) is 10.1 Å². The van der Waals surface area contributed by atoms with Crippen LogP contribution in [0.1, 0.15) is 0 Å². The maximum absolute atomic E-state index is 13.0. The lowest BCUT2D eigenvalue weighted by atomic mass is 10.0. The summed E-state index contributed by atoms with van der Waals surface area (Å²) < 4.78 is 1.28. The standard InChI is InChI=1S/C18H11Cl2N3O2/c19-11-6-7-13(20)14(8-11)23-18(25)16-12(10-4-2-1-3-5-10)9-15(24)21-17(16)22-23/h1-9H,(H2,21,22,24). The Kier molecular flexibility index (Phi) is 3.75. The van der Waals surface area contributed by atoms with E-state index in [4.69, 9.17) is 23.2 Å². The van der Waals surface area contributed by atoms with E-state index >= 15 is 0 Å². The minimum Gasteiger partial charge on any atom is -0.307 e. The molecule has 124 valence electrons. The average molecular weight is 372 g/mol. The summed E-state index contributed by atoms with van der Waals surface area (Å²) in [7, 11) is 0. The van der Waals surface area contributed by atoms with Crippen LogP contribution in [0.15, 0.2) is 64.2 Å². The first kappa shape index (κ1) is 15.7. The van der Waals surface area contributed by atoms with E-state index in [1.165, 1.54) is 10.7 Å². The average Bonchev–Trinajstić information content (AvgIpc) is 2.93. The van der Waals surface area contributed by atoms with Crippen molar-refractivity contribution in [3.8, 4) is 16.8 Å². The van der Waals surface area contributed by atoms with Crippen LogP contribution < -0.4 is 11.1 Å². The first-order valence-electron chi connectivity index (χ1n) is 7.43. The van der Waals surface area contributed by atoms with E-state index in [0.717, 1.165) is 5.56 Å². The van der Waals surface area contributed by atoms with E-state index in [-0.39, 0.29) is 11.1 Å². The third kappa shape index (κ3) is 2.67. The zero-order valence-corrected chi connectivity index (χ0v) is 14.2. The lowest BCUT2D eigenvalue weighted by molar-refractivity contribution is 0.858. The predicted octanol–water partition coefficient (Wildman–Crippen LogP) is 3.98. The number of aromatic amines is 2. The van der Waals surface area contributed by atoms with E-state index in [0.29, 0.717) is 32.3 Å². The van der Waals surface area contributed by atoms with Crippen LogP contribution in [-0.4, -0.2) is 14.8 Å².